The minimum atomic E-state index is -0.102. The van der Waals surface area contributed by atoms with Crippen LogP contribution in [0.1, 0.15) is 52.9 Å². The average molecular weight is 199 g/mol. The van der Waals surface area contributed by atoms with Crippen molar-refractivity contribution in [3.63, 3.8) is 0 Å². The fourth-order valence-electron chi connectivity index (χ4n) is 2.34. The summed E-state index contributed by atoms with van der Waals surface area (Å²) in [4.78, 5) is 0. The van der Waals surface area contributed by atoms with Crippen LogP contribution in [0, 0.1) is 5.92 Å². The number of hydrogen-bond donors (Lipinski definition) is 2. The van der Waals surface area contributed by atoms with Crippen LogP contribution in [-0.4, -0.2) is 23.3 Å². The van der Waals surface area contributed by atoms with Gasteiger partial charge < -0.3 is 10.4 Å². The Balaban J connectivity index is 2.22. The lowest BCUT2D eigenvalue weighted by Crippen LogP contribution is -2.41. The molecule has 1 rings (SSSR count). The Hall–Kier alpha value is -0.0800. The Morgan fingerprint density at radius 1 is 1.36 bits per heavy atom. The standard InChI is InChI=1S/C12H25NO/c1-4-9(2)8-10(3)13-11-6-5-7-12(11)14/h9-14H,4-8H2,1-3H3/t9?,10?,11-,12-/m1/s1. The maximum Gasteiger partial charge on any atom is 0.0693 e. The van der Waals surface area contributed by atoms with E-state index in [1.54, 1.807) is 0 Å². The summed E-state index contributed by atoms with van der Waals surface area (Å²) in [6.07, 6.45) is 5.67. The first-order valence-corrected chi connectivity index (χ1v) is 6.07. The Morgan fingerprint density at radius 3 is 2.57 bits per heavy atom. The Bertz CT molecular complexity index is 160. The lowest BCUT2D eigenvalue weighted by molar-refractivity contribution is 0.141. The van der Waals surface area contributed by atoms with Crippen molar-refractivity contribution < 1.29 is 5.11 Å². The number of rotatable bonds is 5. The summed E-state index contributed by atoms with van der Waals surface area (Å²) in [5.74, 6) is 0.788. The zero-order chi connectivity index (χ0) is 10.6. The number of aliphatic hydroxyl groups is 1. The van der Waals surface area contributed by atoms with Crippen molar-refractivity contribution in [3.05, 3.63) is 0 Å². The molecular formula is C12H25NO. The van der Waals surface area contributed by atoms with E-state index >= 15 is 0 Å². The highest BCUT2D eigenvalue weighted by Crippen LogP contribution is 2.20. The van der Waals surface area contributed by atoms with E-state index in [2.05, 4.69) is 26.1 Å². The number of hydrogen-bond acceptors (Lipinski definition) is 2. The lowest BCUT2D eigenvalue weighted by atomic mass is 9.99. The van der Waals surface area contributed by atoms with Crippen LogP contribution in [0.3, 0.4) is 0 Å². The van der Waals surface area contributed by atoms with E-state index in [4.69, 9.17) is 0 Å². The molecule has 0 spiro atoms. The Labute approximate surface area is 88.1 Å². The summed E-state index contributed by atoms with van der Waals surface area (Å²) >= 11 is 0. The first-order chi connectivity index (χ1) is 6.63. The van der Waals surface area contributed by atoms with Crippen molar-refractivity contribution in [3.8, 4) is 0 Å². The molecule has 0 heterocycles. The Kier molecular flexibility index (Phi) is 4.90. The van der Waals surface area contributed by atoms with E-state index in [1.165, 1.54) is 19.3 Å². The van der Waals surface area contributed by atoms with Crippen LogP contribution in [-0.2, 0) is 0 Å². The van der Waals surface area contributed by atoms with Crippen LogP contribution in [0.25, 0.3) is 0 Å². The first-order valence-electron chi connectivity index (χ1n) is 6.07. The van der Waals surface area contributed by atoms with Crippen LogP contribution >= 0.6 is 0 Å². The van der Waals surface area contributed by atoms with Gasteiger partial charge in [-0.15, -0.1) is 0 Å². The summed E-state index contributed by atoms with van der Waals surface area (Å²) in [5.41, 5.74) is 0. The van der Waals surface area contributed by atoms with Crippen LogP contribution in [0.4, 0.5) is 0 Å². The van der Waals surface area contributed by atoms with E-state index in [0.717, 1.165) is 18.8 Å². The van der Waals surface area contributed by atoms with Gasteiger partial charge >= 0.3 is 0 Å². The molecular weight excluding hydrogens is 174 g/mol. The molecule has 4 atom stereocenters. The topological polar surface area (TPSA) is 32.3 Å². The molecule has 0 aromatic rings. The largest absolute Gasteiger partial charge is 0.392 e. The second-order valence-corrected chi connectivity index (χ2v) is 4.92. The van der Waals surface area contributed by atoms with Gasteiger partial charge in [-0.05, 0) is 38.5 Å². The molecule has 84 valence electrons. The van der Waals surface area contributed by atoms with Gasteiger partial charge in [0.1, 0.15) is 0 Å². The molecule has 14 heavy (non-hydrogen) atoms. The molecule has 0 bridgehead atoms. The number of aliphatic hydroxyl groups excluding tert-OH is 1. The minimum Gasteiger partial charge on any atom is -0.392 e. The Morgan fingerprint density at radius 2 is 2.07 bits per heavy atom. The first kappa shape index (κ1) is 12.0. The van der Waals surface area contributed by atoms with Crippen LogP contribution in [0.15, 0.2) is 0 Å². The fourth-order valence-corrected chi connectivity index (χ4v) is 2.34. The molecule has 1 saturated carbocycles. The van der Waals surface area contributed by atoms with Crippen LogP contribution in [0.5, 0.6) is 0 Å². The van der Waals surface area contributed by atoms with Gasteiger partial charge in [0.2, 0.25) is 0 Å². The highest BCUT2D eigenvalue weighted by molar-refractivity contribution is 4.84. The number of nitrogens with one attached hydrogen (secondary N) is 1. The van der Waals surface area contributed by atoms with Crippen molar-refractivity contribution in [2.45, 2.75) is 71.1 Å². The predicted octanol–water partition coefficient (Wildman–Crippen LogP) is 2.31. The van der Waals surface area contributed by atoms with Crippen molar-refractivity contribution in [2.75, 3.05) is 0 Å². The fraction of sp³-hybridized carbons (Fsp3) is 1.00. The zero-order valence-corrected chi connectivity index (χ0v) is 9.79. The quantitative estimate of drug-likeness (QED) is 0.712. The molecule has 1 fully saturated rings. The molecule has 0 radical (unpaired) electrons. The summed E-state index contributed by atoms with van der Waals surface area (Å²) < 4.78 is 0. The van der Waals surface area contributed by atoms with E-state index < -0.39 is 0 Å². The molecule has 0 amide bonds. The monoisotopic (exact) mass is 199 g/mol. The van der Waals surface area contributed by atoms with Gasteiger partial charge in [-0.2, -0.15) is 0 Å². The third-order valence-electron chi connectivity index (χ3n) is 3.43. The third-order valence-corrected chi connectivity index (χ3v) is 3.43. The highest BCUT2D eigenvalue weighted by atomic mass is 16.3. The summed E-state index contributed by atoms with van der Waals surface area (Å²) in [6, 6.07) is 0.900. The summed E-state index contributed by atoms with van der Waals surface area (Å²) in [6.45, 7) is 6.77. The maximum absolute atomic E-state index is 9.67. The van der Waals surface area contributed by atoms with E-state index in [9.17, 15) is 5.11 Å². The molecule has 2 heteroatoms. The smallest absolute Gasteiger partial charge is 0.0693 e. The van der Waals surface area contributed by atoms with Crippen molar-refractivity contribution in [1.29, 1.82) is 0 Å². The van der Waals surface area contributed by atoms with Crippen LogP contribution in [0.2, 0.25) is 0 Å². The summed E-state index contributed by atoms with van der Waals surface area (Å²) in [7, 11) is 0. The lowest BCUT2D eigenvalue weighted by Gasteiger charge is -2.24. The zero-order valence-electron chi connectivity index (χ0n) is 9.79. The average Bonchev–Trinajstić information content (AvgIpc) is 2.51. The molecule has 0 aliphatic heterocycles. The molecule has 1 aliphatic rings. The van der Waals surface area contributed by atoms with Gasteiger partial charge in [-0.1, -0.05) is 20.3 Å². The molecule has 2 unspecified atom stereocenters. The molecule has 2 nitrogen and oxygen atoms in total. The predicted molar refractivity (Wildman–Crippen MR) is 60.3 cm³/mol. The van der Waals surface area contributed by atoms with Gasteiger partial charge in [0.15, 0.2) is 0 Å². The van der Waals surface area contributed by atoms with E-state index in [1.807, 2.05) is 0 Å². The normalized spacial score (nSPS) is 31.7. The van der Waals surface area contributed by atoms with Crippen molar-refractivity contribution >= 4 is 0 Å². The highest BCUT2D eigenvalue weighted by Gasteiger charge is 2.26. The molecule has 0 aromatic carbocycles. The van der Waals surface area contributed by atoms with Gasteiger partial charge in [0.05, 0.1) is 6.10 Å². The third kappa shape index (κ3) is 3.58. The van der Waals surface area contributed by atoms with Gasteiger partial charge in [-0.3, -0.25) is 0 Å². The summed E-state index contributed by atoms with van der Waals surface area (Å²) in [5, 5.41) is 13.2. The SMILES string of the molecule is CCC(C)CC(C)N[C@@H]1CCC[C@H]1O. The molecule has 2 N–H and O–H groups in total. The molecule has 1 aliphatic carbocycles. The second-order valence-electron chi connectivity index (χ2n) is 4.92. The minimum absolute atomic E-state index is 0.102. The van der Waals surface area contributed by atoms with Gasteiger partial charge in [-0.25, -0.2) is 0 Å². The van der Waals surface area contributed by atoms with E-state index in [0.29, 0.717) is 12.1 Å². The maximum atomic E-state index is 9.67. The van der Waals surface area contributed by atoms with E-state index in [-0.39, 0.29) is 6.10 Å². The molecule has 0 saturated heterocycles. The van der Waals surface area contributed by atoms with Crippen molar-refractivity contribution in [1.82, 2.24) is 5.32 Å². The van der Waals surface area contributed by atoms with Gasteiger partial charge in [0, 0.05) is 12.1 Å². The van der Waals surface area contributed by atoms with Gasteiger partial charge in [0.25, 0.3) is 0 Å². The van der Waals surface area contributed by atoms with Crippen LogP contribution < -0.4 is 5.32 Å². The van der Waals surface area contributed by atoms with Crippen molar-refractivity contribution in [2.24, 2.45) is 5.92 Å². The second kappa shape index (κ2) is 5.72. The molecule has 0 aromatic heterocycles.